The van der Waals surface area contributed by atoms with Crippen molar-refractivity contribution in [3.05, 3.63) is 33.8 Å². The number of carboxylic acids is 1. The van der Waals surface area contributed by atoms with Gasteiger partial charge in [-0.25, -0.2) is 0 Å². The van der Waals surface area contributed by atoms with Crippen molar-refractivity contribution in [2.45, 2.75) is 18.9 Å². The molecule has 1 atom stereocenters. The molecular formula is C15H16Cl2N2O4. The molecule has 23 heavy (non-hydrogen) atoms. The molecule has 1 unspecified atom stereocenters. The smallest absolute Gasteiger partial charge is 0.323 e. The zero-order valence-electron chi connectivity index (χ0n) is 12.5. The topological polar surface area (TPSA) is 77.9 Å². The SMILES string of the molecule is CN(CC(=O)O)C(=O)C1CCCN1C(=O)c1cc(Cl)cc(Cl)c1. The Labute approximate surface area is 143 Å². The Balaban J connectivity index is 2.19. The molecule has 1 heterocycles. The van der Waals surface area contributed by atoms with E-state index in [2.05, 4.69) is 0 Å². The van der Waals surface area contributed by atoms with Gasteiger partial charge in [-0.1, -0.05) is 23.2 Å². The number of hydrogen-bond donors (Lipinski definition) is 1. The van der Waals surface area contributed by atoms with Crippen molar-refractivity contribution in [1.82, 2.24) is 9.80 Å². The maximum absolute atomic E-state index is 12.6. The number of carbonyl (C=O) groups excluding carboxylic acids is 2. The maximum Gasteiger partial charge on any atom is 0.323 e. The molecule has 1 aromatic carbocycles. The quantitative estimate of drug-likeness (QED) is 0.894. The highest BCUT2D eigenvalue weighted by molar-refractivity contribution is 6.35. The Kier molecular flexibility index (Phi) is 5.49. The molecule has 8 heteroatoms. The van der Waals surface area contributed by atoms with Crippen LogP contribution in [0.2, 0.25) is 10.0 Å². The van der Waals surface area contributed by atoms with E-state index < -0.39 is 18.6 Å². The molecule has 1 aliphatic rings. The van der Waals surface area contributed by atoms with Crippen molar-refractivity contribution >= 4 is 41.0 Å². The molecule has 0 radical (unpaired) electrons. The number of carboxylic acid groups (broad SMARTS) is 1. The average molecular weight is 359 g/mol. The first-order valence-corrected chi connectivity index (χ1v) is 7.79. The van der Waals surface area contributed by atoms with Crippen LogP contribution in [-0.2, 0) is 9.59 Å². The summed E-state index contributed by atoms with van der Waals surface area (Å²) in [6, 6.07) is 3.85. The van der Waals surface area contributed by atoms with Crippen LogP contribution >= 0.6 is 23.2 Å². The summed E-state index contributed by atoms with van der Waals surface area (Å²) in [6.45, 7) is 0.0284. The van der Waals surface area contributed by atoms with Crippen LogP contribution in [0.5, 0.6) is 0 Å². The summed E-state index contributed by atoms with van der Waals surface area (Å²) in [5.74, 6) is -1.82. The van der Waals surface area contributed by atoms with Gasteiger partial charge < -0.3 is 14.9 Å². The number of halogens is 2. The van der Waals surface area contributed by atoms with Gasteiger partial charge in [-0.2, -0.15) is 0 Å². The van der Waals surface area contributed by atoms with Gasteiger partial charge in [-0.3, -0.25) is 14.4 Å². The number of carbonyl (C=O) groups is 3. The van der Waals surface area contributed by atoms with Gasteiger partial charge >= 0.3 is 5.97 Å². The molecule has 1 saturated heterocycles. The molecule has 2 amide bonds. The molecule has 1 fully saturated rings. The number of rotatable bonds is 4. The normalized spacial score (nSPS) is 17.2. The van der Waals surface area contributed by atoms with E-state index in [4.69, 9.17) is 28.3 Å². The minimum atomic E-state index is -1.10. The van der Waals surface area contributed by atoms with Crippen molar-refractivity contribution in [2.24, 2.45) is 0 Å². The zero-order chi connectivity index (χ0) is 17.1. The molecule has 0 aliphatic carbocycles. The van der Waals surface area contributed by atoms with E-state index in [-0.39, 0.29) is 11.8 Å². The molecule has 1 N–H and O–H groups in total. The Bertz CT molecular complexity index is 630. The lowest BCUT2D eigenvalue weighted by Crippen LogP contribution is -2.47. The van der Waals surface area contributed by atoms with E-state index in [1.54, 1.807) is 0 Å². The van der Waals surface area contributed by atoms with E-state index in [9.17, 15) is 14.4 Å². The standard InChI is InChI=1S/C15H16Cl2N2O4/c1-18(8-13(20)21)15(23)12-3-2-4-19(12)14(22)9-5-10(16)7-11(17)6-9/h5-7,12H,2-4,8H2,1H3,(H,20,21). The Morgan fingerprint density at radius 1 is 1.26 bits per heavy atom. The number of likely N-dealkylation sites (tertiary alicyclic amines) is 1. The summed E-state index contributed by atoms with van der Waals surface area (Å²) in [4.78, 5) is 38.3. The monoisotopic (exact) mass is 358 g/mol. The second-order valence-electron chi connectivity index (χ2n) is 5.40. The first-order chi connectivity index (χ1) is 10.8. The fraction of sp³-hybridized carbons (Fsp3) is 0.400. The number of aliphatic carboxylic acids is 1. The molecule has 0 spiro atoms. The predicted molar refractivity (Wildman–Crippen MR) is 85.8 cm³/mol. The van der Waals surface area contributed by atoms with Gasteiger partial charge in [0, 0.05) is 29.2 Å². The molecule has 1 aliphatic heterocycles. The number of hydrogen-bond acceptors (Lipinski definition) is 3. The molecule has 0 saturated carbocycles. The van der Waals surface area contributed by atoms with Gasteiger partial charge in [0.1, 0.15) is 12.6 Å². The largest absolute Gasteiger partial charge is 0.480 e. The number of amides is 2. The third-order valence-electron chi connectivity index (χ3n) is 3.66. The first-order valence-electron chi connectivity index (χ1n) is 7.03. The van der Waals surface area contributed by atoms with Crippen LogP contribution in [0.25, 0.3) is 0 Å². The summed E-state index contributed by atoms with van der Waals surface area (Å²) in [5.41, 5.74) is 0.308. The summed E-state index contributed by atoms with van der Waals surface area (Å²) in [5, 5.41) is 9.46. The lowest BCUT2D eigenvalue weighted by Gasteiger charge is -2.27. The third-order valence-corrected chi connectivity index (χ3v) is 4.09. The third kappa shape index (κ3) is 4.14. The summed E-state index contributed by atoms with van der Waals surface area (Å²) < 4.78 is 0. The lowest BCUT2D eigenvalue weighted by molar-refractivity contribution is -0.145. The molecule has 124 valence electrons. The highest BCUT2D eigenvalue weighted by Gasteiger charge is 2.36. The van der Waals surface area contributed by atoms with Crippen molar-refractivity contribution in [3.8, 4) is 0 Å². The molecule has 6 nitrogen and oxygen atoms in total. The summed E-state index contributed by atoms with van der Waals surface area (Å²) in [7, 11) is 1.41. The van der Waals surface area contributed by atoms with Crippen LogP contribution in [-0.4, -0.2) is 58.9 Å². The highest BCUT2D eigenvalue weighted by atomic mass is 35.5. The second kappa shape index (κ2) is 7.19. The molecule has 0 bridgehead atoms. The zero-order valence-corrected chi connectivity index (χ0v) is 14.0. The fourth-order valence-corrected chi connectivity index (χ4v) is 3.17. The molecule has 1 aromatic rings. The summed E-state index contributed by atoms with van der Waals surface area (Å²) >= 11 is 11.8. The van der Waals surface area contributed by atoms with Crippen LogP contribution in [0.15, 0.2) is 18.2 Å². The van der Waals surface area contributed by atoms with Gasteiger partial charge in [-0.05, 0) is 31.0 Å². The predicted octanol–water partition coefficient (Wildman–Crippen LogP) is 2.14. The van der Waals surface area contributed by atoms with Gasteiger partial charge in [0.25, 0.3) is 5.91 Å². The number of benzene rings is 1. The van der Waals surface area contributed by atoms with Crippen LogP contribution in [0, 0.1) is 0 Å². The highest BCUT2D eigenvalue weighted by Crippen LogP contribution is 2.25. The van der Waals surface area contributed by atoms with E-state index in [1.807, 2.05) is 0 Å². The minimum absolute atomic E-state index is 0.308. The average Bonchev–Trinajstić information content (AvgIpc) is 2.93. The Morgan fingerprint density at radius 2 is 1.87 bits per heavy atom. The fourth-order valence-electron chi connectivity index (χ4n) is 2.64. The van der Waals surface area contributed by atoms with Crippen LogP contribution in [0.3, 0.4) is 0 Å². The number of nitrogens with zero attached hydrogens (tertiary/aromatic N) is 2. The van der Waals surface area contributed by atoms with E-state index in [0.29, 0.717) is 35.0 Å². The van der Waals surface area contributed by atoms with Gasteiger partial charge in [0.05, 0.1) is 0 Å². The summed E-state index contributed by atoms with van der Waals surface area (Å²) in [6.07, 6.45) is 1.18. The minimum Gasteiger partial charge on any atom is -0.480 e. The maximum atomic E-state index is 12.6. The Morgan fingerprint density at radius 3 is 2.43 bits per heavy atom. The number of likely N-dealkylation sites (N-methyl/N-ethyl adjacent to an activating group) is 1. The molecule has 0 aromatic heterocycles. The van der Waals surface area contributed by atoms with Crippen molar-refractivity contribution in [3.63, 3.8) is 0 Å². The van der Waals surface area contributed by atoms with Crippen molar-refractivity contribution in [2.75, 3.05) is 20.1 Å². The first kappa shape index (κ1) is 17.6. The van der Waals surface area contributed by atoms with Gasteiger partial charge in [-0.15, -0.1) is 0 Å². The second-order valence-corrected chi connectivity index (χ2v) is 6.28. The van der Waals surface area contributed by atoms with E-state index in [1.165, 1.54) is 30.1 Å². The van der Waals surface area contributed by atoms with Crippen LogP contribution < -0.4 is 0 Å². The lowest BCUT2D eigenvalue weighted by atomic mass is 10.1. The van der Waals surface area contributed by atoms with Crippen molar-refractivity contribution in [1.29, 1.82) is 0 Å². The van der Waals surface area contributed by atoms with Crippen LogP contribution in [0.1, 0.15) is 23.2 Å². The van der Waals surface area contributed by atoms with E-state index in [0.717, 1.165) is 4.90 Å². The van der Waals surface area contributed by atoms with Gasteiger partial charge in [0.2, 0.25) is 5.91 Å². The molecular weight excluding hydrogens is 343 g/mol. The van der Waals surface area contributed by atoms with Crippen molar-refractivity contribution < 1.29 is 19.5 Å². The molecule has 2 rings (SSSR count). The van der Waals surface area contributed by atoms with E-state index >= 15 is 0 Å². The van der Waals surface area contributed by atoms with Gasteiger partial charge in [0.15, 0.2) is 0 Å². The van der Waals surface area contributed by atoms with Crippen LogP contribution in [0.4, 0.5) is 0 Å². The Hall–Kier alpha value is -1.79.